The zero-order valence-corrected chi connectivity index (χ0v) is 20.7. The van der Waals surface area contributed by atoms with Crippen molar-refractivity contribution in [2.45, 2.75) is 0 Å². The van der Waals surface area contributed by atoms with Gasteiger partial charge in [-0.25, -0.2) is 9.97 Å². The first-order valence-corrected chi connectivity index (χ1v) is 12.6. The van der Waals surface area contributed by atoms with Gasteiger partial charge in [0, 0.05) is 16.3 Å². The van der Waals surface area contributed by atoms with Crippen LogP contribution in [0.15, 0.2) is 126 Å². The van der Waals surface area contributed by atoms with Crippen LogP contribution in [0.25, 0.3) is 67.0 Å². The molecule has 5 heteroatoms. The fourth-order valence-electron chi connectivity index (χ4n) is 5.02. The van der Waals surface area contributed by atoms with Crippen LogP contribution in [-0.4, -0.2) is 20.2 Å². The van der Waals surface area contributed by atoms with Crippen LogP contribution < -0.4 is 0 Å². The highest BCUT2D eigenvalue weighted by molar-refractivity contribution is 6.11. The van der Waals surface area contributed by atoms with Gasteiger partial charge >= 0.3 is 0 Å². The minimum absolute atomic E-state index is 0.0883. The summed E-state index contributed by atoms with van der Waals surface area (Å²) in [5.41, 5.74) is 7.19. The zero-order chi connectivity index (χ0) is 26.3. The van der Waals surface area contributed by atoms with Crippen LogP contribution in [0.2, 0.25) is 0 Å². The summed E-state index contributed by atoms with van der Waals surface area (Å²) in [6.07, 6.45) is 0. The molecule has 0 spiro atoms. The molecule has 0 fully saturated rings. The lowest BCUT2D eigenvalue weighted by molar-refractivity contribution is 0.476. The summed E-state index contributed by atoms with van der Waals surface area (Å²) in [7, 11) is 0. The molecule has 39 heavy (non-hydrogen) atoms. The van der Waals surface area contributed by atoms with Gasteiger partial charge in [-0.3, -0.25) is 0 Å². The molecule has 0 aliphatic carbocycles. The molecule has 0 unspecified atom stereocenters. The number of phenolic OH excluding ortho intramolecular Hbond substituents is 2. The second-order valence-corrected chi connectivity index (χ2v) is 9.35. The second-order valence-electron chi connectivity index (χ2n) is 9.35. The van der Waals surface area contributed by atoms with Crippen LogP contribution >= 0.6 is 0 Å². The molecule has 0 amide bonds. The molecule has 5 nitrogen and oxygen atoms in total. The van der Waals surface area contributed by atoms with Crippen molar-refractivity contribution in [2.75, 3.05) is 0 Å². The number of furan rings is 1. The summed E-state index contributed by atoms with van der Waals surface area (Å²) < 4.78 is 6.37. The maximum atomic E-state index is 11.0. The lowest BCUT2D eigenvalue weighted by Crippen LogP contribution is -1.93. The van der Waals surface area contributed by atoms with Crippen LogP contribution in [0, 0.1) is 0 Å². The van der Waals surface area contributed by atoms with E-state index in [9.17, 15) is 10.2 Å². The van der Waals surface area contributed by atoms with Gasteiger partial charge in [-0.2, -0.15) is 0 Å². The van der Waals surface area contributed by atoms with Crippen molar-refractivity contribution in [3.63, 3.8) is 0 Å². The van der Waals surface area contributed by atoms with Gasteiger partial charge in [-0.1, -0.05) is 60.7 Å². The highest BCUT2D eigenvalue weighted by Gasteiger charge is 2.18. The summed E-state index contributed by atoms with van der Waals surface area (Å²) in [6, 6.07) is 38.3. The van der Waals surface area contributed by atoms with Gasteiger partial charge in [0.2, 0.25) is 0 Å². The third-order valence-corrected chi connectivity index (χ3v) is 6.92. The number of nitrogens with zero attached hydrogens (tertiary/aromatic N) is 2. The number of aromatic nitrogens is 2. The number of rotatable bonds is 4. The molecule has 3 heterocycles. The van der Waals surface area contributed by atoms with E-state index in [1.165, 1.54) is 0 Å². The van der Waals surface area contributed by atoms with E-state index < -0.39 is 0 Å². The fourth-order valence-corrected chi connectivity index (χ4v) is 5.02. The Labute approximate surface area is 224 Å². The van der Waals surface area contributed by atoms with Crippen molar-refractivity contribution in [2.24, 2.45) is 0 Å². The Hall–Kier alpha value is -5.42. The highest BCUT2D eigenvalue weighted by Crippen LogP contribution is 2.41. The molecule has 0 saturated heterocycles. The summed E-state index contributed by atoms with van der Waals surface area (Å²) in [6.45, 7) is 0. The summed E-state index contributed by atoms with van der Waals surface area (Å²) in [5.74, 6) is 0.256. The maximum absolute atomic E-state index is 11.0. The molecular weight excluding hydrogens is 484 g/mol. The number of hydrogen-bond donors (Lipinski definition) is 2. The molecule has 2 N–H and O–H groups in total. The number of pyridine rings is 2. The maximum Gasteiger partial charge on any atom is 0.148 e. The third-order valence-electron chi connectivity index (χ3n) is 6.92. The van der Waals surface area contributed by atoms with Crippen molar-refractivity contribution in [1.29, 1.82) is 0 Å². The van der Waals surface area contributed by atoms with E-state index in [0.717, 1.165) is 27.5 Å². The van der Waals surface area contributed by atoms with E-state index in [4.69, 9.17) is 14.4 Å². The molecule has 0 saturated carbocycles. The van der Waals surface area contributed by atoms with Gasteiger partial charge in [-0.05, 0) is 71.8 Å². The van der Waals surface area contributed by atoms with Crippen molar-refractivity contribution in [3.05, 3.63) is 121 Å². The van der Waals surface area contributed by atoms with Gasteiger partial charge in [0.1, 0.15) is 22.7 Å². The predicted octanol–water partition coefficient (Wildman–Crippen LogP) is 8.46. The third kappa shape index (κ3) is 3.97. The van der Waals surface area contributed by atoms with Crippen molar-refractivity contribution in [1.82, 2.24) is 9.97 Å². The monoisotopic (exact) mass is 506 g/mol. The van der Waals surface area contributed by atoms with Gasteiger partial charge in [-0.15, -0.1) is 0 Å². The molecule has 3 aromatic heterocycles. The van der Waals surface area contributed by atoms with Crippen LogP contribution in [-0.2, 0) is 0 Å². The molecule has 7 aromatic rings. The number of phenols is 2. The standard InChI is InChI=1S/C34H22N2O3/c37-30-15-5-4-10-25(30)26-11-6-12-27(35-26)28-13-7-14-29(36-28)33-31(38)19-18-24-23-17-16-22(20-32(23)39-34(24)33)21-8-2-1-3-9-21/h1-20,37-38H. The van der Waals surface area contributed by atoms with E-state index in [1.54, 1.807) is 18.2 Å². The van der Waals surface area contributed by atoms with E-state index in [1.807, 2.05) is 78.9 Å². The molecular formula is C34H22N2O3. The van der Waals surface area contributed by atoms with Crippen LogP contribution in [0.4, 0.5) is 0 Å². The van der Waals surface area contributed by atoms with Crippen LogP contribution in [0.3, 0.4) is 0 Å². The number of aromatic hydroxyl groups is 2. The van der Waals surface area contributed by atoms with Crippen molar-refractivity contribution >= 4 is 21.9 Å². The van der Waals surface area contributed by atoms with E-state index in [0.29, 0.717) is 39.5 Å². The van der Waals surface area contributed by atoms with Crippen molar-refractivity contribution < 1.29 is 14.6 Å². The Morgan fingerprint density at radius 1 is 0.487 bits per heavy atom. The smallest absolute Gasteiger partial charge is 0.148 e. The molecule has 0 bridgehead atoms. The molecule has 0 aliphatic rings. The van der Waals surface area contributed by atoms with Crippen LogP contribution in [0.1, 0.15) is 0 Å². The van der Waals surface area contributed by atoms with E-state index >= 15 is 0 Å². The Balaban J connectivity index is 1.35. The Kier molecular flexibility index (Phi) is 5.34. The van der Waals surface area contributed by atoms with Gasteiger partial charge in [0.25, 0.3) is 0 Å². The first kappa shape index (κ1) is 22.8. The summed E-state index contributed by atoms with van der Waals surface area (Å²) in [4.78, 5) is 9.63. The number of fused-ring (bicyclic) bond motifs is 3. The van der Waals surface area contributed by atoms with E-state index in [-0.39, 0.29) is 11.5 Å². The minimum Gasteiger partial charge on any atom is -0.507 e. The molecule has 0 atom stereocenters. The van der Waals surface area contributed by atoms with E-state index in [2.05, 4.69) is 24.3 Å². The summed E-state index contributed by atoms with van der Waals surface area (Å²) in [5, 5.41) is 23.1. The topological polar surface area (TPSA) is 79.4 Å². The fraction of sp³-hybridized carbons (Fsp3) is 0. The first-order valence-electron chi connectivity index (χ1n) is 12.6. The highest BCUT2D eigenvalue weighted by atomic mass is 16.3. The minimum atomic E-state index is 0.0883. The molecule has 186 valence electrons. The predicted molar refractivity (Wildman–Crippen MR) is 154 cm³/mol. The molecule has 4 aromatic carbocycles. The Morgan fingerprint density at radius 3 is 1.95 bits per heavy atom. The van der Waals surface area contributed by atoms with Gasteiger partial charge < -0.3 is 14.6 Å². The normalized spacial score (nSPS) is 11.3. The molecule has 0 radical (unpaired) electrons. The lowest BCUT2D eigenvalue weighted by atomic mass is 10.0. The average Bonchev–Trinajstić information content (AvgIpc) is 3.35. The lowest BCUT2D eigenvalue weighted by Gasteiger charge is -2.09. The van der Waals surface area contributed by atoms with Crippen molar-refractivity contribution in [3.8, 4) is 56.5 Å². The van der Waals surface area contributed by atoms with Gasteiger partial charge in [0.15, 0.2) is 0 Å². The largest absolute Gasteiger partial charge is 0.507 e. The number of hydrogen-bond acceptors (Lipinski definition) is 5. The quantitative estimate of drug-likeness (QED) is 0.250. The SMILES string of the molecule is Oc1ccccc1-c1cccc(-c2cccc(-c3c(O)ccc4c3oc3cc(-c5ccccc5)ccc34)n2)n1. The zero-order valence-electron chi connectivity index (χ0n) is 20.7. The summed E-state index contributed by atoms with van der Waals surface area (Å²) >= 11 is 0. The molecule has 0 aliphatic heterocycles. The Bertz CT molecular complexity index is 1990. The number of benzene rings is 4. The molecule has 7 rings (SSSR count). The van der Waals surface area contributed by atoms with Gasteiger partial charge in [0.05, 0.1) is 28.3 Å². The Morgan fingerprint density at radius 2 is 1.15 bits per heavy atom. The van der Waals surface area contributed by atoms with Crippen LogP contribution in [0.5, 0.6) is 11.5 Å². The number of para-hydroxylation sites is 1. The second kappa shape index (κ2) is 9.15. The average molecular weight is 507 g/mol. The first-order chi connectivity index (χ1) is 19.2.